The summed E-state index contributed by atoms with van der Waals surface area (Å²) >= 11 is 25.0. The van der Waals surface area contributed by atoms with E-state index in [0.29, 0.717) is 6.42 Å². The summed E-state index contributed by atoms with van der Waals surface area (Å²) in [6.07, 6.45) is -11.4. The topological polar surface area (TPSA) is 532 Å². The van der Waals surface area contributed by atoms with Crippen molar-refractivity contribution in [1.82, 2.24) is 62.4 Å². The fourth-order valence-corrected chi connectivity index (χ4v) is 24.5. The lowest BCUT2D eigenvalue weighted by Gasteiger charge is -2.36. The van der Waals surface area contributed by atoms with Crippen molar-refractivity contribution in [2.75, 3.05) is 97.6 Å². The summed E-state index contributed by atoms with van der Waals surface area (Å²) in [6.45, 7) is 27.2. The predicted molar refractivity (Wildman–Crippen MR) is 489 cm³/mol. The number of ether oxygens (including phenoxy) is 5. The van der Waals surface area contributed by atoms with E-state index in [-0.39, 0.29) is 149 Å². The largest absolute Gasteiger partial charge is 0.352 e. The molecule has 0 aliphatic carbocycles. The number of nitriles is 1. The molecule has 11 heterocycles. The number of imidazole rings is 1. The van der Waals surface area contributed by atoms with Gasteiger partial charge in [-0.2, -0.15) is 10.2 Å². The van der Waals surface area contributed by atoms with Gasteiger partial charge in [0.2, 0.25) is 38.0 Å². The zero-order valence-corrected chi connectivity index (χ0v) is 81.7. The molecule has 20 atom stereocenters. The number of hydrogen-bond donors (Lipinski definition) is 6. The molecule has 0 spiro atoms. The van der Waals surface area contributed by atoms with Gasteiger partial charge in [0.05, 0.1) is 89.0 Å². The van der Waals surface area contributed by atoms with Gasteiger partial charge in [-0.1, -0.05) is 20.8 Å². The Morgan fingerprint density at radius 1 is 0.489 bits per heavy atom. The minimum absolute atomic E-state index is 0.00795. The molecule has 0 radical (unpaired) electrons. The average molecular weight is 2030 g/mol. The van der Waals surface area contributed by atoms with Crippen molar-refractivity contribution in [3.63, 3.8) is 0 Å². The summed E-state index contributed by atoms with van der Waals surface area (Å²) in [5.74, 6) is -1.63. The minimum Gasteiger partial charge on any atom is -0.352 e. The van der Waals surface area contributed by atoms with Crippen molar-refractivity contribution in [1.29, 1.82) is 5.26 Å². The standard InChI is InChI=1S/C76H102N19O29P5S4/c1-42(2)66(96)84-72-83-65-64(71(101)85-72)82-41-94(65)63-31-53(124-129(133,111-26-21-81-15)114-39-56-51(29-61(118-56)92-34-48(10)69(99)88-75(92)104)122-126(130,108-23-18-78-12)112-37-54-45(7)27-59(116-54)90-32-46(8)67(97)86-73(90)102)58(120-63)40-115-128(132,110-25-20-80-14)123-52-30-62(93-35-49(11)70(100)89-76(93)105)119-57(52)38-113-127(131,109-24-19-79-13)121-50-28-60(91-33-47(9)68(98)87-74(91)103)117-55(50)36-107-125(106-22-16-17-77)95(43(3)4)44(5)6/h32-35,41-45,50-63H,16,18-31,36-40H2,1-11H3,(H,86,97,102)(H,87,98,103)(H,88,99,104)(H,89,100,105)(H2,83,84,85,96,101)/t45-,50-,51-,52-,53-,54-,55-,56-,57-,58-,59-,60-,61-,62-,63-,125?,126?,127?,128?,129?/m1/s1. The van der Waals surface area contributed by atoms with Gasteiger partial charge in [0, 0.05) is 90.7 Å². The van der Waals surface area contributed by atoms with E-state index >= 15 is 0 Å². The summed E-state index contributed by atoms with van der Waals surface area (Å²) in [6, 6.07) is 1.80. The molecule has 133 heavy (non-hydrogen) atoms. The highest BCUT2D eigenvalue weighted by Gasteiger charge is 2.51. The van der Waals surface area contributed by atoms with Gasteiger partial charge >= 0.3 is 49.6 Å². The molecule has 0 saturated carbocycles. The number of aromatic amines is 5. The van der Waals surface area contributed by atoms with Crippen LogP contribution in [0.1, 0.15) is 140 Å². The number of hydrogen-bond acceptors (Lipinski definition) is 37. The van der Waals surface area contributed by atoms with Gasteiger partial charge in [0.25, 0.3) is 36.3 Å². The number of rotatable bonds is 48. The summed E-state index contributed by atoms with van der Waals surface area (Å²) < 4.78 is 132. The van der Waals surface area contributed by atoms with Crippen LogP contribution in [0.2, 0.25) is 0 Å². The van der Waals surface area contributed by atoms with Gasteiger partial charge < -0.3 is 106 Å². The number of nitrogens with one attached hydrogen (secondary N) is 6. The van der Waals surface area contributed by atoms with Crippen LogP contribution in [0.25, 0.3) is 30.5 Å². The minimum atomic E-state index is -4.46. The van der Waals surface area contributed by atoms with E-state index in [4.69, 9.17) is 161 Å². The molecular formula is C76H102N19O29P5S4. The monoisotopic (exact) mass is 2030 g/mol. The average Bonchev–Trinajstić information content (AvgIpc) is 1.62. The highest BCUT2D eigenvalue weighted by molar-refractivity contribution is 8.08. The maximum absolute atomic E-state index is 13.9. The molecule has 48 nitrogen and oxygen atoms in total. The molecule has 6 N–H and O–H groups in total. The van der Waals surface area contributed by atoms with Gasteiger partial charge in [-0.25, -0.2) is 55.1 Å². The number of fused-ring (bicyclic) bond motifs is 1. The van der Waals surface area contributed by atoms with Crippen LogP contribution in [0.3, 0.4) is 0 Å². The number of nitrogens with zero attached hydrogens (tertiary/aromatic N) is 13. The summed E-state index contributed by atoms with van der Waals surface area (Å²) in [4.78, 5) is 166. The number of aromatic nitrogens is 12. The lowest BCUT2D eigenvalue weighted by Crippen LogP contribution is -2.36. The number of aryl methyl sites for hydroxylation is 4. The third-order valence-electron chi connectivity index (χ3n) is 21.1. The molecule has 5 fully saturated rings. The van der Waals surface area contributed by atoms with Gasteiger partial charge in [0.1, 0.15) is 82.0 Å². The summed E-state index contributed by atoms with van der Waals surface area (Å²) in [5, 5.41) is 12.1. The van der Waals surface area contributed by atoms with Crippen molar-refractivity contribution in [3.05, 3.63) is 193 Å². The first-order chi connectivity index (χ1) is 63.2. The molecule has 724 valence electrons. The molecular weight excluding hydrogens is 1930 g/mol. The van der Waals surface area contributed by atoms with Crippen molar-refractivity contribution in [2.45, 2.75) is 213 Å². The van der Waals surface area contributed by atoms with Crippen LogP contribution < -0.4 is 55.9 Å². The molecule has 0 bridgehead atoms. The zero-order chi connectivity index (χ0) is 96.6. The quantitative estimate of drug-likeness (QED) is 0.0130. The third-order valence-corrected chi connectivity index (χ3v) is 32.7. The highest BCUT2D eigenvalue weighted by atomic mass is 32.5. The number of H-pyrrole nitrogens is 5. The van der Waals surface area contributed by atoms with Crippen LogP contribution >= 0.6 is 35.4 Å². The van der Waals surface area contributed by atoms with Crippen LogP contribution in [0.4, 0.5) is 5.95 Å². The first kappa shape index (κ1) is 106. The van der Waals surface area contributed by atoms with Gasteiger partial charge in [0.15, 0.2) is 11.2 Å². The van der Waals surface area contributed by atoms with E-state index in [1.807, 2.05) is 39.3 Å². The highest BCUT2D eigenvalue weighted by Crippen LogP contribution is 2.60. The lowest BCUT2D eigenvalue weighted by molar-refractivity contribution is -0.119. The molecule has 5 unspecified atom stereocenters. The maximum Gasteiger partial charge on any atom is 0.330 e. The van der Waals surface area contributed by atoms with Gasteiger partial charge in [-0.15, -0.1) is 0 Å². The van der Waals surface area contributed by atoms with E-state index in [9.17, 15) is 53.2 Å². The van der Waals surface area contributed by atoms with Crippen LogP contribution in [0, 0.1) is 77.2 Å². The number of amides is 1. The Bertz CT molecular complexity index is 6160. The predicted octanol–water partition coefficient (Wildman–Crippen LogP) is 6.76. The SMILES string of the molecule is [C-]#[N+]CCOP(=S)(OC[C@H]1O[C@@H](n2cc(C)c(=O)[nH]c2=O)C[C@H]1OP(=S)(OCC[N+]#[C-])OC[C@H]1O[C@@H](n2cnc3c(=O)[nH]c(NC(=O)C(C)C)nc32)C[C@H]1OP(=S)(OCC[N+]#[C-])OC[C@H]1O[C@@H](n2cc(C)c(=O)[nH]c2=O)C[C@H]1OP(=S)(OCC[N+]#[C-])OC[C@H]1O[C@@H](n2cc(C)c(=O)[nH]c2=O)C[C@H]1C)O[C@@H]1C[C@H](n2cc(C)c(=O)[nH]c2=O)O[C@@H]1COP(OCCC#N)N(C(C)C)C(C)C. The fourth-order valence-electron chi connectivity index (χ4n) is 14.4. The van der Waals surface area contributed by atoms with Crippen LogP contribution in [0.15, 0.2) is 74.3 Å². The Morgan fingerprint density at radius 3 is 1.14 bits per heavy atom. The van der Waals surface area contributed by atoms with Gasteiger partial charge in [-0.05, 0) is 115 Å². The van der Waals surface area contributed by atoms with Crippen molar-refractivity contribution in [3.8, 4) is 6.07 Å². The Balaban J connectivity index is 0.921. The van der Waals surface area contributed by atoms with Crippen LogP contribution in [-0.2, 0) is 139 Å². The first-order valence-corrected chi connectivity index (χ1v) is 53.2. The molecule has 5 saturated heterocycles. The molecule has 5 aliphatic heterocycles. The molecule has 6 aromatic rings. The Morgan fingerprint density at radius 2 is 0.812 bits per heavy atom. The summed E-state index contributed by atoms with van der Waals surface area (Å²) in [5.41, 5.74) is -6.40. The van der Waals surface area contributed by atoms with Gasteiger partial charge in [-0.3, -0.25) is 81.8 Å². The van der Waals surface area contributed by atoms with E-state index in [1.54, 1.807) is 13.8 Å². The smallest absolute Gasteiger partial charge is 0.330 e. The second-order valence-electron chi connectivity index (χ2n) is 31.8. The Hall–Kier alpha value is -7.78. The van der Waals surface area contributed by atoms with E-state index in [1.165, 1.54) is 72.5 Å². The first-order valence-electron chi connectivity index (χ1n) is 41.9. The normalized spacial score (nSPS) is 25.1. The Labute approximate surface area is 781 Å². The zero-order valence-electron chi connectivity index (χ0n) is 73.9. The number of carbonyl (C=O) groups is 1. The van der Waals surface area contributed by atoms with E-state index < -0.39 is 217 Å². The second-order valence-corrected chi connectivity index (χ2v) is 45.2. The third kappa shape index (κ3) is 27.6. The van der Waals surface area contributed by atoms with E-state index in [0.717, 1.165) is 9.13 Å². The lowest BCUT2D eigenvalue weighted by atomic mass is 10.0. The molecule has 5 aliphatic rings. The van der Waals surface area contributed by atoms with E-state index in [2.05, 4.69) is 65.7 Å². The van der Waals surface area contributed by atoms with Crippen molar-refractivity contribution in [2.24, 2.45) is 11.8 Å². The molecule has 11 rings (SSSR count). The second kappa shape index (κ2) is 47.5. The molecule has 57 heteroatoms. The van der Waals surface area contributed by atoms with Crippen LogP contribution in [0.5, 0.6) is 0 Å². The number of anilines is 1. The molecule has 1 amide bonds. The molecule has 6 aromatic heterocycles. The summed E-state index contributed by atoms with van der Waals surface area (Å²) in [7, 11) is -1.92. The van der Waals surface area contributed by atoms with Crippen LogP contribution in [-0.4, -0.2) is 228 Å². The fraction of sp³-hybridized carbons (Fsp3) is 0.645. The Kier molecular flexibility index (Phi) is 37.8. The van der Waals surface area contributed by atoms with Crippen molar-refractivity contribution < 1.29 is 91.8 Å². The maximum atomic E-state index is 13.9. The number of carbonyl (C=O) groups excluding carboxylic acids is 1. The molecule has 0 aromatic carbocycles. The van der Waals surface area contributed by atoms with Crippen molar-refractivity contribution >= 4 is 106 Å².